The first-order valence-electron chi connectivity index (χ1n) is 6.66. The summed E-state index contributed by atoms with van der Waals surface area (Å²) in [6, 6.07) is 9.74. The van der Waals surface area contributed by atoms with Crippen LogP contribution in [0.2, 0.25) is 0 Å². The summed E-state index contributed by atoms with van der Waals surface area (Å²) in [6.45, 7) is 2.15. The molecule has 0 amide bonds. The molecule has 1 aromatic carbocycles. The van der Waals surface area contributed by atoms with Gasteiger partial charge >= 0.3 is 5.97 Å². The van der Waals surface area contributed by atoms with Crippen molar-refractivity contribution in [3.63, 3.8) is 0 Å². The van der Waals surface area contributed by atoms with E-state index in [4.69, 9.17) is 4.74 Å². The topological polar surface area (TPSA) is 43.4 Å². The largest absolute Gasteiger partial charge is 0.463 e. The minimum atomic E-state index is -0.333. The molecule has 1 fully saturated rings. The number of rotatable bonds is 4. The zero-order chi connectivity index (χ0) is 13.7. The Kier molecular flexibility index (Phi) is 4.50. The van der Waals surface area contributed by atoms with Crippen molar-refractivity contribution in [2.45, 2.75) is 26.2 Å². The van der Waals surface area contributed by atoms with E-state index in [1.54, 1.807) is 13.0 Å². The normalized spacial score (nSPS) is 19.5. The second-order valence-electron chi connectivity index (χ2n) is 4.70. The van der Waals surface area contributed by atoms with Gasteiger partial charge in [-0.15, -0.1) is 0 Å². The molecule has 0 N–H and O–H groups in total. The number of hydrogen-bond donors (Lipinski definition) is 0. The van der Waals surface area contributed by atoms with Gasteiger partial charge in [0, 0.05) is 18.9 Å². The molecule has 0 saturated heterocycles. The zero-order valence-corrected chi connectivity index (χ0v) is 11.1. The summed E-state index contributed by atoms with van der Waals surface area (Å²) in [4.78, 5) is 23.1. The van der Waals surface area contributed by atoms with E-state index in [1.165, 1.54) is 0 Å². The van der Waals surface area contributed by atoms with E-state index >= 15 is 0 Å². The van der Waals surface area contributed by atoms with Crippen LogP contribution in [-0.2, 0) is 14.3 Å². The molecule has 1 saturated carbocycles. The first kappa shape index (κ1) is 13.5. The molecule has 3 nitrogen and oxygen atoms in total. The summed E-state index contributed by atoms with van der Waals surface area (Å²) >= 11 is 0. The number of ether oxygens (including phenoxy) is 1. The highest BCUT2D eigenvalue weighted by Crippen LogP contribution is 2.34. The van der Waals surface area contributed by atoms with Crippen LogP contribution in [-0.4, -0.2) is 18.4 Å². The third-order valence-electron chi connectivity index (χ3n) is 3.35. The van der Waals surface area contributed by atoms with E-state index in [0.717, 1.165) is 17.6 Å². The summed E-state index contributed by atoms with van der Waals surface area (Å²) in [5.41, 5.74) is 1.92. The summed E-state index contributed by atoms with van der Waals surface area (Å²) in [5.74, 6) is 0.0794. The quantitative estimate of drug-likeness (QED) is 0.616. The van der Waals surface area contributed by atoms with Gasteiger partial charge < -0.3 is 4.74 Å². The Morgan fingerprint density at radius 3 is 2.68 bits per heavy atom. The Hall–Kier alpha value is -1.90. The molecule has 0 spiro atoms. The summed E-state index contributed by atoms with van der Waals surface area (Å²) < 4.78 is 4.98. The fraction of sp³-hybridized carbons (Fsp3) is 0.375. The number of carbonyl (C=O) groups is 2. The highest BCUT2D eigenvalue weighted by molar-refractivity contribution is 5.94. The predicted molar refractivity (Wildman–Crippen MR) is 73.4 cm³/mol. The Morgan fingerprint density at radius 1 is 1.37 bits per heavy atom. The molecule has 1 unspecified atom stereocenters. The summed E-state index contributed by atoms with van der Waals surface area (Å²) in [5, 5.41) is 0. The van der Waals surface area contributed by atoms with Crippen molar-refractivity contribution in [3.8, 4) is 0 Å². The van der Waals surface area contributed by atoms with E-state index in [-0.39, 0.29) is 17.7 Å². The van der Waals surface area contributed by atoms with Crippen LogP contribution in [0.15, 0.2) is 36.4 Å². The number of hydrogen-bond acceptors (Lipinski definition) is 3. The lowest BCUT2D eigenvalue weighted by molar-refractivity contribution is -0.137. The van der Waals surface area contributed by atoms with Crippen molar-refractivity contribution in [2.24, 2.45) is 5.92 Å². The van der Waals surface area contributed by atoms with Crippen LogP contribution in [0.3, 0.4) is 0 Å². The number of esters is 1. The number of ketones is 1. The Balaban J connectivity index is 2.28. The van der Waals surface area contributed by atoms with Crippen LogP contribution in [0, 0.1) is 5.92 Å². The minimum Gasteiger partial charge on any atom is -0.463 e. The Labute approximate surface area is 113 Å². The third-order valence-corrected chi connectivity index (χ3v) is 3.35. The maximum Gasteiger partial charge on any atom is 0.331 e. The van der Waals surface area contributed by atoms with Crippen molar-refractivity contribution in [3.05, 3.63) is 42.0 Å². The fourth-order valence-corrected chi connectivity index (χ4v) is 2.46. The van der Waals surface area contributed by atoms with Gasteiger partial charge in [-0.3, -0.25) is 4.79 Å². The standard InChI is InChI=1S/C16H18O3/c1-2-19-16(18)11-15(12-6-4-3-5-7-12)13-8-9-14(17)10-13/h3-7,11,13H,2,8-10H2,1H3/b15-11+. The molecule has 100 valence electrons. The molecule has 1 aromatic rings. The predicted octanol–water partition coefficient (Wildman–Crippen LogP) is 3.00. The molecule has 0 aromatic heterocycles. The van der Waals surface area contributed by atoms with Gasteiger partial charge in [0.15, 0.2) is 0 Å². The molecule has 2 rings (SSSR count). The molecular weight excluding hydrogens is 240 g/mol. The van der Waals surface area contributed by atoms with E-state index in [9.17, 15) is 9.59 Å². The fourth-order valence-electron chi connectivity index (χ4n) is 2.46. The number of Topliss-reactive ketones (excluding diaryl/α,β-unsaturated/α-hetero) is 1. The van der Waals surface area contributed by atoms with Gasteiger partial charge in [0.05, 0.1) is 6.61 Å². The second kappa shape index (κ2) is 6.32. The van der Waals surface area contributed by atoms with Crippen LogP contribution in [0.4, 0.5) is 0 Å². The first-order chi connectivity index (χ1) is 9.20. The summed E-state index contributed by atoms with van der Waals surface area (Å²) in [7, 11) is 0. The minimum absolute atomic E-state index is 0.138. The monoisotopic (exact) mass is 258 g/mol. The van der Waals surface area contributed by atoms with Crippen molar-refractivity contribution in [1.29, 1.82) is 0 Å². The molecule has 1 aliphatic carbocycles. The van der Waals surface area contributed by atoms with Gasteiger partial charge in [0.1, 0.15) is 5.78 Å². The molecule has 1 aliphatic rings. The van der Waals surface area contributed by atoms with Crippen molar-refractivity contribution < 1.29 is 14.3 Å². The van der Waals surface area contributed by atoms with Gasteiger partial charge in [-0.25, -0.2) is 4.79 Å². The maximum absolute atomic E-state index is 11.7. The second-order valence-corrected chi connectivity index (χ2v) is 4.70. The molecule has 0 radical (unpaired) electrons. The lowest BCUT2D eigenvalue weighted by Gasteiger charge is -2.14. The van der Waals surface area contributed by atoms with Gasteiger partial charge in [-0.05, 0) is 30.4 Å². The Morgan fingerprint density at radius 2 is 2.11 bits per heavy atom. The summed E-state index contributed by atoms with van der Waals surface area (Å²) in [6.07, 6.45) is 3.50. The van der Waals surface area contributed by atoms with Gasteiger partial charge in [0.2, 0.25) is 0 Å². The first-order valence-corrected chi connectivity index (χ1v) is 6.66. The van der Waals surface area contributed by atoms with Gasteiger partial charge in [-0.2, -0.15) is 0 Å². The smallest absolute Gasteiger partial charge is 0.331 e. The van der Waals surface area contributed by atoms with Crippen LogP contribution < -0.4 is 0 Å². The average molecular weight is 258 g/mol. The van der Waals surface area contributed by atoms with E-state index in [1.807, 2.05) is 30.3 Å². The molecule has 19 heavy (non-hydrogen) atoms. The molecule has 0 bridgehead atoms. The van der Waals surface area contributed by atoms with E-state index in [0.29, 0.717) is 19.4 Å². The zero-order valence-electron chi connectivity index (χ0n) is 11.1. The number of allylic oxidation sites excluding steroid dienone is 1. The maximum atomic E-state index is 11.7. The molecular formula is C16H18O3. The SMILES string of the molecule is CCOC(=O)/C=C(\c1ccccc1)C1CCC(=O)C1. The molecule has 1 atom stereocenters. The highest BCUT2D eigenvalue weighted by Gasteiger charge is 2.26. The molecule has 3 heteroatoms. The van der Waals surface area contributed by atoms with Crippen LogP contribution >= 0.6 is 0 Å². The lowest BCUT2D eigenvalue weighted by Crippen LogP contribution is -2.06. The lowest BCUT2D eigenvalue weighted by atomic mass is 9.91. The van der Waals surface area contributed by atoms with Crippen LogP contribution in [0.5, 0.6) is 0 Å². The average Bonchev–Trinajstić information content (AvgIpc) is 2.84. The van der Waals surface area contributed by atoms with Gasteiger partial charge in [-0.1, -0.05) is 30.3 Å². The van der Waals surface area contributed by atoms with E-state index in [2.05, 4.69) is 0 Å². The molecule has 0 heterocycles. The third kappa shape index (κ3) is 3.53. The number of carbonyl (C=O) groups excluding carboxylic acids is 2. The van der Waals surface area contributed by atoms with Crippen molar-refractivity contribution in [2.75, 3.05) is 6.61 Å². The molecule has 0 aliphatic heterocycles. The van der Waals surface area contributed by atoms with E-state index < -0.39 is 0 Å². The van der Waals surface area contributed by atoms with Crippen LogP contribution in [0.25, 0.3) is 5.57 Å². The van der Waals surface area contributed by atoms with Gasteiger partial charge in [0.25, 0.3) is 0 Å². The Bertz CT molecular complexity index is 488. The van der Waals surface area contributed by atoms with Crippen molar-refractivity contribution in [1.82, 2.24) is 0 Å². The highest BCUT2D eigenvalue weighted by atomic mass is 16.5. The van der Waals surface area contributed by atoms with Crippen LogP contribution in [0.1, 0.15) is 31.7 Å². The number of benzene rings is 1. The van der Waals surface area contributed by atoms with Crippen molar-refractivity contribution >= 4 is 17.3 Å².